The highest BCUT2D eigenvalue weighted by atomic mass is 16.4. The first-order valence-corrected chi connectivity index (χ1v) is 4.73. The van der Waals surface area contributed by atoms with E-state index in [-0.39, 0.29) is 0 Å². The summed E-state index contributed by atoms with van der Waals surface area (Å²) in [6.45, 7) is 6.24. The maximum Gasteiger partial charge on any atom is 0.191 e. The fourth-order valence-corrected chi connectivity index (χ4v) is 1.37. The van der Waals surface area contributed by atoms with Crippen LogP contribution in [0.2, 0.25) is 0 Å². The summed E-state index contributed by atoms with van der Waals surface area (Å²) in [5.74, 6) is 1.90. The Labute approximate surface area is 74.0 Å². The molecule has 0 saturated carbocycles. The molecule has 1 heterocycles. The minimum atomic E-state index is 0.807. The molecule has 0 atom stereocenters. The fraction of sp³-hybridized carbons (Fsp3) is 0.700. The van der Waals surface area contributed by atoms with E-state index in [0.29, 0.717) is 0 Å². The zero-order valence-electron chi connectivity index (χ0n) is 8.18. The fourth-order valence-electron chi connectivity index (χ4n) is 1.37. The number of aryl methyl sites for hydroxylation is 3. The number of rotatable bonds is 4. The van der Waals surface area contributed by atoms with E-state index >= 15 is 0 Å². The van der Waals surface area contributed by atoms with Gasteiger partial charge in [-0.25, -0.2) is 4.98 Å². The lowest BCUT2D eigenvalue weighted by molar-refractivity contribution is 0.470. The molecule has 0 N–H and O–H groups in total. The van der Waals surface area contributed by atoms with Crippen molar-refractivity contribution in [3.63, 3.8) is 0 Å². The highest BCUT2D eigenvalue weighted by Gasteiger charge is 2.08. The quantitative estimate of drug-likeness (QED) is 0.689. The normalized spacial score (nSPS) is 10.6. The number of hydrogen-bond acceptors (Lipinski definition) is 2. The molecule has 0 spiro atoms. The molecular formula is C10H17NO. The Bertz CT molecular complexity index is 216. The summed E-state index contributed by atoms with van der Waals surface area (Å²) in [4.78, 5) is 4.35. The van der Waals surface area contributed by atoms with Gasteiger partial charge in [-0.05, 0) is 12.8 Å². The summed E-state index contributed by atoms with van der Waals surface area (Å²) in [7, 11) is 0. The van der Waals surface area contributed by atoms with Crippen molar-refractivity contribution in [2.45, 2.75) is 46.5 Å². The van der Waals surface area contributed by atoms with E-state index in [4.69, 9.17) is 4.42 Å². The molecule has 0 aliphatic heterocycles. The standard InChI is InChI=1S/C10H17NO/c1-4-6-9-10(7-5-2)12-8(3)11-9/h4-7H2,1-3H3. The van der Waals surface area contributed by atoms with Crippen LogP contribution in [-0.4, -0.2) is 4.98 Å². The average molecular weight is 167 g/mol. The van der Waals surface area contributed by atoms with Crippen LogP contribution >= 0.6 is 0 Å². The summed E-state index contributed by atoms with van der Waals surface area (Å²) in [6, 6.07) is 0. The molecule has 0 amide bonds. The summed E-state index contributed by atoms with van der Waals surface area (Å²) in [5.41, 5.74) is 1.16. The van der Waals surface area contributed by atoms with Crippen LogP contribution in [0.4, 0.5) is 0 Å². The largest absolute Gasteiger partial charge is 0.446 e. The maximum absolute atomic E-state index is 5.50. The second-order valence-corrected chi connectivity index (χ2v) is 3.10. The molecule has 0 unspecified atom stereocenters. The van der Waals surface area contributed by atoms with Gasteiger partial charge in [-0.15, -0.1) is 0 Å². The Kier molecular flexibility index (Phi) is 3.32. The lowest BCUT2D eigenvalue weighted by atomic mass is 10.1. The van der Waals surface area contributed by atoms with Crippen molar-refractivity contribution in [3.05, 3.63) is 17.3 Å². The topological polar surface area (TPSA) is 26.0 Å². The summed E-state index contributed by atoms with van der Waals surface area (Å²) >= 11 is 0. The number of hydrogen-bond donors (Lipinski definition) is 0. The minimum absolute atomic E-state index is 0.807. The van der Waals surface area contributed by atoms with Gasteiger partial charge >= 0.3 is 0 Å². The van der Waals surface area contributed by atoms with Crippen molar-refractivity contribution in [3.8, 4) is 0 Å². The first-order valence-electron chi connectivity index (χ1n) is 4.73. The maximum atomic E-state index is 5.50. The van der Waals surface area contributed by atoms with Crippen molar-refractivity contribution < 1.29 is 4.42 Å². The average Bonchev–Trinajstić information content (AvgIpc) is 2.33. The molecule has 0 radical (unpaired) electrons. The van der Waals surface area contributed by atoms with Gasteiger partial charge in [-0.2, -0.15) is 0 Å². The molecule has 0 aromatic carbocycles. The van der Waals surface area contributed by atoms with Gasteiger partial charge in [0.2, 0.25) is 0 Å². The Balaban J connectivity index is 2.76. The lowest BCUT2D eigenvalue weighted by Gasteiger charge is -1.95. The summed E-state index contributed by atoms with van der Waals surface area (Å²) < 4.78 is 5.50. The Morgan fingerprint density at radius 3 is 2.42 bits per heavy atom. The Hall–Kier alpha value is -0.790. The second kappa shape index (κ2) is 4.29. The van der Waals surface area contributed by atoms with Gasteiger partial charge in [0.25, 0.3) is 0 Å². The van der Waals surface area contributed by atoms with Crippen LogP contribution in [0.15, 0.2) is 4.42 Å². The van der Waals surface area contributed by atoms with E-state index in [1.54, 1.807) is 0 Å². The van der Waals surface area contributed by atoms with E-state index in [1.807, 2.05) is 6.92 Å². The third-order valence-corrected chi connectivity index (χ3v) is 1.85. The highest BCUT2D eigenvalue weighted by Crippen LogP contribution is 2.14. The SMILES string of the molecule is CCCc1nc(C)oc1CCC. The number of oxazole rings is 1. The van der Waals surface area contributed by atoms with Crippen molar-refractivity contribution >= 4 is 0 Å². The van der Waals surface area contributed by atoms with Crippen molar-refractivity contribution in [1.82, 2.24) is 4.98 Å². The molecule has 12 heavy (non-hydrogen) atoms. The molecule has 0 saturated heterocycles. The van der Waals surface area contributed by atoms with Gasteiger partial charge in [-0.1, -0.05) is 20.3 Å². The van der Waals surface area contributed by atoms with Crippen molar-refractivity contribution in [2.75, 3.05) is 0 Å². The van der Waals surface area contributed by atoms with E-state index in [9.17, 15) is 0 Å². The molecular weight excluding hydrogens is 150 g/mol. The van der Waals surface area contributed by atoms with Crippen LogP contribution in [0.5, 0.6) is 0 Å². The van der Waals surface area contributed by atoms with Gasteiger partial charge < -0.3 is 4.42 Å². The number of aromatic nitrogens is 1. The van der Waals surface area contributed by atoms with E-state index in [2.05, 4.69) is 18.8 Å². The molecule has 0 fully saturated rings. The molecule has 0 aliphatic carbocycles. The molecule has 68 valence electrons. The van der Waals surface area contributed by atoms with E-state index < -0.39 is 0 Å². The van der Waals surface area contributed by atoms with E-state index in [0.717, 1.165) is 43.0 Å². The van der Waals surface area contributed by atoms with Crippen LogP contribution in [-0.2, 0) is 12.8 Å². The van der Waals surface area contributed by atoms with Gasteiger partial charge in [-0.3, -0.25) is 0 Å². The molecule has 2 heteroatoms. The molecule has 0 bridgehead atoms. The summed E-state index contributed by atoms with van der Waals surface area (Å²) in [6.07, 6.45) is 4.34. The minimum Gasteiger partial charge on any atom is -0.446 e. The van der Waals surface area contributed by atoms with Gasteiger partial charge in [0, 0.05) is 13.3 Å². The zero-order valence-corrected chi connectivity index (χ0v) is 8.18. The monoisotopic (exact) mass is 167 g/mol. The van der Waals surface area contributed by atoms with Crippen molar-refractivity contribution in [2.24, 2.45) is 0 Å². The predicted molar refractivity (Wildman–Crippen MR) is 49.2 cm³/mol. The lowest BCUT2D eigenvalue weighted by Crippen LogP contribution is -1.90. The number of nitrogens with zero attached hydrogens (tertiary/aromatic N) is 1. The Morgan fingerprint density at radius 2 is 1.83 bits per heavy atom. The van der Waals surface area contributed by atoms with Crippen LogP contribution in [0.3, 0.4) is 0 Å². The van der Waals surface area contributed by atoms with Crippen LogP contribution in [0.1, 0.15) is 44.0 Å². The Morgan fingerprint density at radius 1 is 1.17 bits per heavy atom. The van der Waals surface area contributed by atoms with Gasteiger partial charge in [0.1, 0.15) is 5.76 Å². The smallest absolute Gasteiger partial charge is 0.191 e. The third-order valence-electron chi connectivity index (χ3n) is 1.85. The molecule has 1 rings (SSSR count). The van der Waals surface area contributed by atoms with Crippen LogP contribution in [0.25, 0.3) is 0 Å². The second-order valence-electron chi connectivity index (χ2n) is 3.10. The summed E-state index contributed by atoms with van der Waals surface area (Å²) in [5, 5.41) is 0. The van der Waals surface area contributed by atoms with E-state index in [1.165, 1.54) is 0 Å². The highest BCUT2D eigenvalue weighted by molar-refractivity contribution is 5.09. The molecule has 0 aliphatic rings. The molecule has 2 nitrogen and oxygen atoms in total. The third kappa shape index (κ3) is 2.10. The zero-order chi connectivity index (χ0) is 8.97. The van der Waals surface area contributed by atoms with Crippen molar-refractivity contribution in [1.29, 1.82) is 0 Å². The molecule has 1 aromatic heterocycles. The predicted octanol–water partition coefficient (Wildman–Crippen LogP) is 2.89. The first kappa shape index (κ1) is 9.30. The van der Waals surface area contributed by atoms with Crippen LogP contribution in [0, 0.1) is 6.92 Å². The first-order chi connectivity index (χ1) is 5.77. The molecule has 1 aromatic rings. The van der Waals surface area contributed by atoms with Gasteiger partial charge in [0.05, 0.1) is 5.69 Å². The van der Waals surface area contributed by atoms with Crippen LogP contribution < -0.4 is 0 Å². The van der Waals surface area contributed by atoms with Gasteiger partial charge in [0.15, 0.2) is 5.89 Å².